The van der Waals surface area contributed by atoms with E-state index >= 15 is 0 Å². The third kappa shape index (κ3) is 5.48. The van der Waals surface area contributed by atoms with Crippen LogP contribution in [0, 0.1) is 5.92 Å². The maximum absolute atomic E-state index is 12.4. The van der Waals surface area contributed by atoms with E-state index in [1.54, 1.807) is 0 Å². The van der Waals surface area contributed by atoms with E-state index in [9.17, 15) is 4.79 Å². The van der Waals surface area contributed by atoms with Gasteiger partial charge in [-0.3, -0.25) is 4.79 Å². The Morgan fingerprint density at radius 2 is 1.41 bits per heavy atom. The smallest absolute Gasteiger partial charge is 0.225 e. The summed E-state index contributed by atoms with van der Waals surface area (Å²) in [5.41, 5.74) is 0. The largest absolute Gasteiger partial charge is 0.340 e. The predicted octanol–water partition coefficient (Wildman–Crippen LogP) is 3.65. The van der Waals surface area contributed by atoms with Gasteiger partial charge in [0.15, 0.2) is 0 Å². The molecule has 1 rings (SSSR count). The number of amides is 1. The van der Waals surface area contributed by atoms with Crippen molar-refractivity contribution in [3.63, 3.8) is 0 Å². The average Bonchev–Trinajstić information content (AvgIpc) is 2.27. The highest BCUT2D eigenvalue weighted by molar-refractivity contribution is 6.18. The molecular weight excluding hydrogens is 257 g/mol. The van der Waals surface area contributed by atoms with Crippen LogP contribution in [0.5, 0.6) is 0 Å². The second-order valence-electron chi connectivity index (χ2n) is 4.75. The first kappa shape index (κ1) is 15.1. The van der Waals surface area contributed by atoms with E-state index in [0.717, 1.165) is 12.8 Å². The number of carbonyl (C=O) groups is 1. The van der Waals surface area contributed by atoms with Gasteiger partial charge < -0.3 is 4.90 Å². The summed E-state index contributed by atoms with van der Waals surface area (Å²) < 4.78 is 0. The molecule has 17 heavy (non-hydrogen) atoms. The molecule has 0 atom stereocenters. The van der Waals surface area contributed by atoms with E-state index in [1.807, 2.05) is 4.90 Å². The highest BCUT2D eigenvalue weighted by atomic mass is 35.5. The number of rotatable bonds is 5. The van der Waals surface area contributed by atoms with Gasteiger partial charge in [-0.1, -0.05) is 32.1 Å². The summed E-state index contributed by atoms with van der Waals surface area (Å²) >= 11 is 11.5. The molecule has 1 saturated carbocycles. The van der Waals surface area contributed by atoms with Gasteiger partial charge in [-0.15, -0.1) is 23.2 Å². The molecule has 0 radical (unpaired) electrons. The Bertz CT molecular complexity index is 209. The number of hydrogen-bond acceptors (Lipinski definition) is 1. The van der Waals surface area contributed by atoms with Gasteiger partial charge >= 0.3 is 0 Å². The van der Waals surface area contributed by atoms with Crippen LogP contribution >= 0.6 is 23.2 Å². The molecule has 1 amide bonds. The van der Waals surface area contributed by atoms with Gasteiger partial charge in [-0.2, -0.15) is 0 Å². The maximum Gasteiger partial charge on any atom is 0.225 e. The van der Waals surface area contributed by atoms with Gasteiger partial charge in [0.25, 0.3) is 0 Å². The average molecular weight is 280 g/mol. The zero-order valence-corrected chi connectivity index (χ0v) is 12.0. The van der Waals surface area contributed by atoms with Crippen LogP contribution in [0.25, 0.3) is 0 Å². The Kier molecular flexibility index (Phi) is 8.04. The third-order valence-electron chi connectivity index (χ3n) is 3.47. The molecule has 1 aliphatic carbocycles. The quantitative estimate of drug-likeness (QED) is 0.704. The third-order valence-corrected chi connectivity index (χ3v) is 3.81. The van der Waals surface area contributed by atoms with Crippen molar-refractivity contribution in [2.24, 2.45) is 5.92 Å². The van der Waals surface area contributed by atoms with Gasteiger partial charge in [0.1, 0.15) is 0 Å². The molecule has 0 aromatic rings. The molecule has 100 valence electrons. The number of carbonyl (C=O) groups excluding carboxylic acids is 1. The molecular formula is C13H23Cl2NO. The summed E-state index contributed by atoms with van der Waals surface area (Å²) in [6, 6.07) is 0. The molecule has 0 aromatic carbocycles. The summed E-state index contributed by atoms with van der Waals surface area (Å²) in [6.07, 6.45) is 8.33. The van der Waals surface area contributed by atoms with Crippen LogP contribution in [0.4, 0.5) is 0 Å². The highest BCUT2D eigenvalue weighted by Gasteiger charge is 2.23. The van der Waals surface area contributed by atoms with Crippen molar-refractivity contribution in [2.75, 3.05) is 24.8 Å². The van der Waals surface area contributed by atoms with Crippen LogP contribution in [0.15, 0.2) is 0 Å². The fourth-order valence-corrected chi connectivity index (χ4v) is 2.91. The van der Waals surface area contributed by atoms with Crippen molar-refractivity contribution in [2.45, 2.75) is 44.9 Å². The van der Waals surface area contributed by atoms with Crippen LogP contribution in [0.2, 0.25) is 0 Å². The number of hydrogen-bond donors (Lipinski definition) is 0. The number of nitrogens with zero attached hydrogens (tertiary/aromatic N) is 1. The summed E-state index contributed by atoms with van der Waals surface area (Å²) in [7, 11) is 0. The molecule has 0 aromatic heterocycles. The zero-order chi connectivity index (χ0) is 12.5. The highest BCUT2D eigenvalue weighted by Crippen LogP contribution is 2.24. The van der Waals surface area contributed by atoms with Gasteiger partial charge in [-0.05, 0) is 12.8 Å². The van der Waals surface area contributed by atoms with Crippen LogP contribution in [-0.4, -0.2) is 35.7 Å². The molecule has 0 unspecified atom stereocenters. The first-order chi connectivity index (χ1) is 8.29. The zero-order valence-electron chi connectivity index (χ0n) is 10.5. The first-order valence-corrected chi connectivity index (χ1v) is 7.77. The molecule has 1 fully saturated rings. The minimum absolute atomic E-state index is 0.210. The Morgan fingerprint density at radius 1 is 0.941 bits per heavy atom. The topological polar surface area (TPSA) is 20.3 Å². The van der Waals surface area contributed by atoms with Gasteiger partial charge in [0.2, 0.25) is 5.91 Å². The van der Waals surface area contributed by atoms with Crippen molar-refractivity contribution in [1.29, 1.82) is 0 Å². The summed E-state index contributed by atoms with van der Waals surface area (Å²) in [6.45, 7) is 1.26. The maximum atomic E-state index is 12.4. The van der Waals surface area contributed by atoms with E-state index in [4.69, 9.17) is 23.2 Å². The predicted molar refractivity (Wildman–Crippen MR) is 73.8 cm³/mol. The second kappa shape index (κ2) is 9.04. The SMILES string of the molecule is O=C(C1CCCCCCC1)N(CCCl)CCCl. The Balaban J connectivity index is 2.50. The molecule has 0 N–H and O–H groups in total. The molecule has 4 heteroatoms. The van der Waals surface area contributed by atoms with Crippen LogP contribution in [-0.2, 0) is 4.79 Å². The van der Waals surface area contributed by atoms with Crippen LogP contribution in [0.3, 0.4) is 0 Å². The molecule has 0 bridgehead atoms. The van der Waals surface area contributed by atoms with Gasteiger partial charge in [0.05, 0.1) is 0 Å². The Morgan fingerprint density at radius 3 is 1.88 bits per heavy atom. The molecule has 0 aliphatic heterocycles. The fourth-order valence-electron chi connectivity index (χ4n) is 2.50. The second-order valence-corrected chi connectivity index (χ2v) is 5.50. The number of halogens is 2. The van der Waals surface area contributed by atoms with Crippen molar-refractivity contribution < 1.29 is 4.79 Å². The molecule has 0 heterocycles. The first-order valence-electron chi connectivity index (χ1n) is 6.70. The van der Waals surface area contributed by atoms with Crippen molar-refractivity contribution in [3.05, 3.63) is 0 Å². The van der Waals surface area contributed by atoms with E-state index in [-0.39, 0.29) is 11.8 Å². The van der Waals surface area contributed by atoms with Crippen molar-refractivity contribution in [1.82, 2.24) is 4.90 Å². The van der Waals surface area contributed by atoms with E-state index in [1.165, 1.54) is 32.1 Å². The fraction of sp³-hybridized carbons (Fsp3) is 0.923. The molecule has 1 aliphatic rings. The lowest BCUT2D eigenvalue weighted by atomic mass is 9.90. The summed E-state index contributed by atoms with van der Waals surface area (Å²) in [4.78, 5) is 14.2. The Hall–Kier alpha value is 0.0500. The minimum atomic E-state index is 0.210. The lowest BCUT2D eigenvalue weighted by Crippen LogP contribution is -2.39. The summed E-state index contributed by atoms with van der Waals surface area (Å²) in [5.74, 6) is 1.47. The summed E-state index contributed by atoms with van der Waals surface area (Å²) in [5, 5.41) is 0. The number of alkyl halides is 2. The standard InChI is InChI=1S/C13H23Cl2NO/c14-8-10-16(11-9-15)13(17)12-6-4-2-1-3-5-7-12/h12H,1-11H2. The van der Waals surface area contributed by atoms with Crippen LogP contribution in [0.1, 0.15) is 44.9 Å². The molecule has 0 saturated heterocycles. The molecule has 0 spiro atoms. The van der Waals surface area contributed by atoms with E-state index in [0.29, 0.717) is 24.8 Å². The van der Waals surface area contributed by atoms with E-state index < -0.39 is 0 Å². The normalized spacial score (nSPS) is 18.5. The Labute approximate surface area is 115 Å². The monoisotopic (exact) mass is 279 g/mol. The van der Waals surface area contributed by atoms with E-state index in [2.05, 4.69) is 0 Å². The van der Waals surface area contributed by atoms with Gasteiger partial charge in [-0.25, -0.2) is 0 Å². The van der Waals surface area contributed by atoms with Crippen LogP contribution < -0.4 is 0 Å². The van der Waals surface area contributed by atoms with Gasteiger partial charge in [0, 0.05) is 30.8 Å². The lowest BCUT2D eigenvalue weighted by Gasteiger charge is -2.27. The lowest BCUT2D eigenvalue weighted by molar-refractivity contribution is -0.135. The molecule has 2 nitrogen and oxygen atoms in total. The minimum Gasteiger partial charge on any atom is -0.340 e. The van der Waals surface area contributed by atoms with Crippen molar-refractivity contribution >= 4 is 29.1 Å². The van der Waals surface area contributed by atoms with Crippen molar-refractivity contribution in [3.8, 4) is 0 Å².